The zero-order chi connectivity index (χ0) is 6.20. The van der Waals surface area contributed by atoms with Crippen LogP contribution in [0.1, 0.15) is 19.8 Å². The normalized spacial score (nSPS) is 44.9. The van der Waals surface area contributed by atoms with E-state index >= 15 is 0 Å². The van der Waals surface area contributed by atoms with E-state index in [1.54, 1.807) is 0 Å². The molecule has 0 atom stereocenters. The van der Waals surface area contributed by atoms with Gasteiger partial charge in [-0.05, 0) is 18.8 Å². The number of nitriles is 1. The number of rotatable bonds is 0. The number of hydrogen-bond acceptors (Lipinski definition) is 2. The summed E-state index contributed by atoms with van der Waals surface area (Å²) in [4.78, 5) is 0. The van der Waals surface area contributed by atoms with Gasteiger partial charge >= 0.3 is 0 Å². The third-order valence-electron chi connectivity index (χ3n) is 1.58. The minimum atomic E-state index is -0.959. The van der Waals surface area contributed by atoms with Crippen LogP contribution in [-0.2, 0) is 0 Å². The molecular weight excluding hydrogens is 102 g/mol. The van der Waals surface area contributed by atoms with Crippen LogP contribution in [0.4, 0.5) is 0 Å². The first-order chi connectivity index (χ1) is 3.66. The monoisotopic (exact) mass is 111 g/mol. The summed E-state index contributed by atoms with van der Waals surface area (Å²) in [5.74, 6) is 0.541. The maximum atomic E-state index is 9.03. The first-order valence-corrected chi connectivity index (χ1v) is 2.80. The molecule has 44 valence electrons. The van der Waals surface area contributed by atoms with Crippen LogP contribution in [0.2, 0.25) is 0 Å². The highest BCUT2D eigenvalue weighted by atomic mass is 16.3. The molecule has 1 N–H and O–H groups in total. The maximum absolute atomic E-state index is 9.03. The summed E-state index contributed by atoms with van der Waals surface area (Å²) in [5, 5.41) is 17.3. The predicted molar refractivity (Wildman–Crippen MR) is 29.0 cm³/mol. The summed E-state index contributed by atoms with van der Waals surface area (Å²) >= 11 is 0. The SMILES string of the molecule is C[C@H]1C[C@](O)(C#N)C1. The Kier molecular flexibility index (Phi) is 1.02. The van der Waals surface area contributed by atoms with Crippen LogP contribution in [0.5, 0.6) is 0 Å². The standard InChI is InChI=1S/C6H9NO/c1-5-2-6(8,3-5)4-7/h5,8H,2-3H2,1H3/t5-,6+. The summed E-state index contributed by atoms with van der Waals surface area (Å²) in [6.45, 7) is 2.03. The summed E-state index contributed by atoms with van der Waals surface area (Å²) in [6.07, 6.45) is 1.31. The molecule has 0 saturated heterocycles. The van der Waals surface area contributed by atoms with Gasteiger partial charge in [0.2, 0.25) is 0 Å². The second-order valence-electron chi connectivity index (χ2n) is 2.66. The molecule has 0 amide bonds. The molecule has 2 heteroatoms. The highest BCUT2D eigenvalue weighted by Crippen LogP contribution is 2.36. The van der Waals surface area contributed by atoms with E-state index in [4.69, 9.17) is 10.4 Å². The molecule has 0 spiro atoms. The highest BCUT2D eigenvalue weighted by Gasteiger charge is 2.40. The van der Waals surface area contributed by atoms with Crippen LogP contribution < -0.4 is 0 Å². The van der Waals surface area contributed by atoms with E-state index in [0.29, 0.717) is 18.8 Å². The van der Waals surface area contributed by atoms with Gasteiger partial charge < -0.3 is 5.11 Å². The molecule has 0 radical (unpaired) electrons. The molecule has 0 aromatic carbocycles. The lowest BCUT2D eigenvalue weighted by molar-refractivity contribution is -0.0167. The van der Waals surface area contributed by atoms with E-state index in [-0.39, 0.29) is 0 Å². The topological polar surface area (TPSA) is 44.0 Å². The molecule has 0 aromatic heterocycles. The van der Waals surface area contributed by atoms with Gasteiger partial charge in [-0.1, -0.05) is 6.92 Å². The molecule has 1 aliphatic carbocycles. The molecule has 2 nitrogen and oxygen atoms in total. The summed E-state index contributed by atoms with van der Waals surface area (Å²) in [7, 11) is 0. The van der Waals surface area contributed by atoms with Crippen molar-refractivity contribution in [2.24, 2.45) is 5.92 Å². The van der Waals surface area contributed by atoms with Gasteiger partial charge in [0.15, 0.2) is 5.60 Å². The second kappa shape index (κ2) is 1.46. The van der Waals surface area contributed by atoms with E-state index in [1.807, 2.05) is 13.0 Å². The Morgan fingerprint density at radius 1 is 1.75 bits per heavy atom. The van der Waals surface area contributed by atoms with Crippen molar-refractivity contribution in [3.63, 3.8) is 0 Å². The Hall–Kier alpha value is -0.550. The van der Waals surface area contributed by atoms with Crippen LogP contribution in [0.3, 0.4) is 0 Å². The van der Waals surface area contributed by atoms with Crippen molar-refractivity contribution in [2.75, 3.05) is 0 Å². The van der Waals surface area contributed by atoms with E-state index in [0.717, 1.165) is 0 Å². The van der Waals surface area contributed by atoms with Gasteiger partial charge in [-0.15, -0.1) is 0 Å². The molecule has 1 rings (SSSR count). The summed E-state index contributed by atoms with van der Waals surface area (Å²) < 4.78 is 0. The summed E-state index contributed by atoms with van der Waals surface area (Å²) in [6, 6.07) is 1.86. The maximum Gasteiger partial charge on any atom is 0.151 e. The van der Waals surface area contributed by atoms with Crippen molar-refractivity contribution in [3.8, 4) is 6.07 Å². The van der Waals surface area contributed by atoms with Crippen molar-refractivity contribution in [1.82, 2.24) is 0 Å². The largest absolute Gasteiger partial charge is 0.375 e. The van der Waals surface area contributed by atoms with Crippen LogP contribution in [0, 0.1) is 17.2 Å². The Morgan fingerprint density at radius 2 is 2.25 bits per heavy atom. The van der Waals surface area contributed by atoms with Crippen molar-refractivity contribution in [3.05, 3.63) is 0 Å². The van der Waals surface area contributed by atoms with Crippen molar-refractivity contribution in [2.45, 2.75) is 25.4 Å². The van der Waals surface area contributed by atoms with E-state index in [1.165, 1.54) is 0 Å². The van der Waals surface area contributed by atoms with Crippen LogP contribution in [-0.4, -0.2) is 10.7 Å². The fourth-order valence-electron chi connectivity index (χ4n) is 1.18. The van der Waals surface area contributed by atoms with Crippen LogP contribution >= 0.6 is 0 Å². The van der Waals surface area contributed by atoms with Crippen molar-refractivity contribution in [1.29, 1.82) is 5.26 Å². The molecule has 0 aliphatic heterocycles. The molecular formula is C6H9NO. The lowest BCUT2D eigenvalue weighted by Crippen LogP contribution is -2.40. The second-order valence-corrected chi connectivity index (χ2v) is 2.66. The molecule has 0 bridgehead atoms. The van der Waals surface area contributed by atoms with Crippen molar-refractivity contribution >= 4 is 0 Å². The smallest absolute Gasteiger partial charge is 0.151 e. The van der Waals surface area contributed by atoms with Gasteiger partial charge in [-0.25, -0.2) is 0 Å². The molecule has 0 heterocycles. The number of aliphatic hydroxyl groups is 1. The average Bonchev–Trinajstić information content (AvgIpc) is 1.63. The number of nitrogens with zero attached hydrogens (tertiary/aromatic N) is 1. The Balaban J connectivity index is 2.44. The van der Waals surface area contributed by atoms with Gasteiger partial charge in [0, 0.05) is 0 Å². The summed E-state index contributed by atoms with van der Waals surface area (Å²) in [5.41, 5.74) is -0.959. The Morgan fingerprint density at radius 3 is 2.38 bits per heavy atom. The lowest BCUT2D eigenvalue weighted by atomic mass is 9.73. The molecule has 0 aromatic rings. The quantitative estimate of drug-likeness (QED) is 0.467. The lowest BCUT2D eigenvalue weighted by Gasteiger charge is -2.35. The molecule has 1 saturated carbocycles. The minimum absolute atomic E-state index is 0.541. The van der Waals surface area contributed by atoms with E-state index < -0.39 is 5.60 Å². The van der Waals surface area contributed by atoms with Gasteiger partial charge in [-0.2, -0.15) is 5.26 Å². The first-order valence-electron chi connectivity index (χ1n) is 2.80. The van der Waals surface area contributed by atoms with Crippen LogP contribution in [0.15, 0.2) is 0 Å². The third-order valence-corrected chi connectivity index (χ3v) is 1.58. The average molecular weight is 111 g/mol. The van der Waals surface area contributed by atoms with Gasteiger partial charge in [0.05, 0.1) is 6.07 Å². The molecule has 1 fully saturated rings. The van der Waals surface area contributed by atoms with Crippen LogP contribution in [0.25, 0.3) is 0 Å². The zero-order valence-corrected chi connectivity index (χ0v) is 4.89. The fraction of sp³-hybridized carbons (Fsp3) is 0.833. The fourth-order valence-corrected chi connectivity index (χ4v) is 1.18. The van der Waals surface area contributed by atoms with Gasteiger partial charge in [-0.3, -0.25) is 0 Å². The van der Waals surface area contributed by atoms with E-state index in [9.17, 15) is 0 Å². The van der Waals surface area contributed by atoms with E-state index in [2.05, 4.69) is 0 Å². The number of hydrogen-bond donors (Lipinski definition) is 1. The van der Waals surface area contributed by atoms with Crippen molar-refractivity contribution < 1.29 is 5.11 Å². The molecule has 1 aliphatic rings. The minimum Gasteiger partial charge on any atom is -0.375 e. The first kappa shape index (κ1) is 5.58. The Bertz CT molecular complexity index is 130. The zero-order valence-electron chi connectivity index (χ0n) is 4.89. The predicted octanol–water partition coefficient (Wildman–Crippen LogP) is 0.671. The third kappa shape index (κ3) is 0.696. The molecule has 0 unspecified atom stereocenters. The van der Waals surface area contributed by atoms with Gasteiger partial charge in [0.25, 0.3) is 0 Å². The van der Waals surface area contributed by atoms with Gasteiger partial charge in [0.1, 0.15) is 0 Å². The Labute approximate surface area is 48.7 Å². The molecule has 8 heavy (non-hydrogen) atoms. The highest BCUT2D eigenvalue weighted by molar-refractivity contribution is 5.08.